The molecule has 0 aliphatic heterocycles. The highest BCUT2D eigenvalue weighted by atomic mass is 16.2. The van der Waals surface area contributed by atoms with Crippen molar-refractivity contribution in [1.82, 2.24) is 5.32 Å². The van der Waals surface area contributed by atoms with Gasteiger partial charge < -0.3 is 5.32 Å². The number of carbonyl (C=O) groups excluding carboxylic acids is 1. The molecule has 0 aliphatic carbocycles. The fraction of sp³-hybridized carbons (Fsp3) is 0.588. The molecule has 2 nitrogen and oxygen atoms in total. The zero-order chi connectivity index (χ0) is 14.7. The monoisotopic (exact) mass is 261 g/mol. The summed E-state index contributed by atoms with van der Waals surface area (Å²) in [5, 5.41) is 3.21. The van der Waals surface area contributed by atoms with E-state index in [1.165, 1.54) is 0 Å². The minimum Gasteiger partial charge on any atom is -0.347 e. The van der Waals surface area contributed by atoms with Crippen LogP contribution in [0.15, 0.2) is 30.3 Å². The van der Waals surface area contributed by atoms with E-state index in [0.717, 1.165) is 12.0 Å². The molecule has 0 spiro atoms. The van der Waals surface area contributed by atoms with E-state index in [9.17, 15) is 4.79 Å². The van der Waals surface area contributed by atoms with E-state index in [1.807, 2.05) is 25.1 Å². The molecule has 0 radical (unpaired) electrons. The van der Waals surface area contributed by atoms with Crippen molar-refractivity contribution < 1.29 is 4.79 Å². The summed E-state index contributed by atoms with van der Waals surface area (Å²) in [6.07, 6.45) is 0.849. The normalized spacial score (nSPS) is 15.1. The van der Waals surface area contributed by atoms with Crippen LogP contribution in [0.5, 0.6) is 0 Å². The van der Waals surface area contributed by atoms with Crippen molar-refractivity contribution in [2.24, 2.45) is 11.3 Å². The Labute approximate surface area is 117 Å². The average Bonchev–Trinajstić information content (AvgIpc) is 2.37. The summed E-state index contributed by atoms with van der Waals surface area (Å²) in [7, 11) is 0. The number of hydrogen-bond acceptors (Lipinski definition) is 1. The van der Waals surface area contributed by atoms with E-state index in [4.69, 9.17) is 0 Å². The first-order chi connectivity index (χ1) is 8.74. The molecule has 0 saturated carbocycles. The van der Waals surface area contributed by atoms with E-state index in [2.05, 4.69) is 52.1 Å². The maximum atomic E-state index is 12.6. The van der Waals surface area contributed by atoms with Crippen molar-refractivity contribution >= 4 is 5.91 Å². The predicted octanol–water partition coefficient (Wildman–Crippen LogP) is 4.11. The second kappa shape index (κ2) is 5.77. The van der Waals surface area contributed by atoms with Gasteiger partial charge in [-0.2, -0.15) is 0 Å². The number of benzene rings is 1. The van der Waals surface area contributed by atoms with Gasteiger partial charge in [0.1, 0.15) is 0 Å². The molecular formula is C17H27NO. The molecular weight excluding hydrogens is 234 g/mol. The number of nitrogens with one attached hydrogen (secondary N) is 1. The first kappa shape index (κ1) is 15.7. The number of rotatable bonds is 5. The van der Waals surface area contributed by atoms with E-state index in [1.54, 1.807) is 0 Å². The average molecular weight is 261 g/mol. The fourth-order valence-corrected chi connectivity index (χ4v) is 2.18. The minimum absolute atomic E-state index is 0.138. The Morgan fingerprint density at radius 2 is 1.68 bits per heavy atom. The molecule has 0 heterocycles. The first-order valence-electron chi connectivity index (χ1n) is 7.12. The van der Waals surface area contributed by atoms with E-state index >= 15 is 0 Å². The van der Waals surface area contributed by atoms with Crippen molar-refractivity contribution in [1.29, 1.82) is 0 Å². The van der Waals surface area contributed by atoms with Gasteiger partial charge in [-0.15, -0.1) is 0 Å². The van der Waals surface area contributed by atoms with Crippen LogP contribution in [0.2, 0.25) is 0 Å². The molecule has 1 amide bonds. The summed E-state index contributed by atoms with van der Waals surface area (Å²) < 4.78 is 0. The predicted molar refractivity (Wildman–Crippen MR) is 80.8 cm³/mol. The van der Waals surface area contributed by atoms with Crippen molar-refractivity contribution in [3.63, 3.8) is 0 Å². The van der Waals surface area contributed by atoms with Crippen molar-refractivity contribution in [2.45, 2.75) is 53.5 Å². The quantitative estimate of drug-likeness (QED) is 0.849. The molecule has 1 unspecified atom stereocenters. The van der Waals surface area contributed by atoms with Gasteiger partial charge in [0, 0.05) is 5.41 Å². The zero-order valence-electron chi connectivity index (χ0n) is 13.1. The van der Waals surface area contributed by atoms with Gasteiger partial charge >= 0.3 is 0 Å². The Balaban J connectivity index is 2.93. The van der Waals surface area contributed by atoms with Gasteiger partial charge in [0.2, 0.25) is 5.91 Å². The summed E-state index contributed by atoms with van der Waals surface area (Å²) in [4.78, 5) is 12.6. The van der Waals surface area contributed by atoms with Gasteiger partial charge in [0.15, 0.2) is 0 Å². The first-order valence-corrected chi connectivity index (χ1v) is 7.12. The zero-order valence-corrected chi connectivity index (χ0v) is 13.1. The maximum absolute atomic E-state index is 12.6. The second-order valence-electron chi connectivity index (χ2n) is 6.37. The van der Waals surface area contributed by atoms with Crippen LogP contribution in [0.3, 0.4) is 0 Å². The SMILES string of the molecule is CCC(C)(C(=O)NC(C)(C)c1ccccc1)C(C)C. The molecule has 0 aromatic heterocycles. The summed E-state index contributed by atoms with van der Waals surface area (Å²) in [5.41, 5.74) is 0.473. The molecule has 106 valence electrons. The molecule has 1 N–H and O–H groups in total. The number of hydrogen-bond donors (Lipinski definition) is 1. The lowest BCUT2D eigenvalue weighted by Crippen LogP contribution is -2.49. The molecule has 1 aromatic carbocycles. The van der Waals surface area contributed by atoms with E-state index < -0.39 is 0 Å². The van der Waals surface area contributed by atoms with Crippen LogP contribution in [-0.2, 0) is 10.3 Å². The van der Waals surface area contributed by atoms with Gasteiger partial charge in [0.05, 0.1) is 5.54 Å². The van der Waals surface area contributed by atoms with Gasteiger partial charge in [-0.3, -0.25) is 4.79 Å². The molecule has 19 heavy (non-hydrogen) atoms. The van der Waals surface area contributed by atoms with Crippen molar-refractivity contribution in [2.75, 3.05) is 0 Å². The Morgan fingerprint density at radius 3 is 2.11 bits per heavy atom. The largest absolute Gasteiger partial charge is 0.347 e. The number of carbonyl (C=O) groups is 1. The molecule has 0 fully saturated rings. The summed E-state index contributed by atoms with van der Waals surface area (Å²) in [5.74, 6) is 0.461. The molecule has 1 rings (SSSR count). The van der Waals surface area contributed by atoms with Crippen LogP contribution in [-0.4, -0.2) is 5.91 Å². The van der Waals surface area contributed by atoms with Crippen LogP contribution < -0.4 is 5.32 Å². The smallest absolute Gasteiger partial charge is 0.226 e. The van der Waals surface area contributed by atoms with Gasteiger partial charge in [-0.1, -0.05) is 58.0 Å². The maximum Gasteiger partial charge on any atom is 0.226 e. The van der Waals surface area contributed by atoms with Crippen LogP contribution in [0.4, 0.5) is 0 Å². The third-order valence-corrected chi connectivity index (χ3v) is 4.45. The topological polar surface area (TPSA) is 29.1 Å². The fourth-order valence-electron chi connectivity index (χ4n) is 2.18. The van der Waals surface area contributed by atoms with Crippen LogP contribution in [0, 0.1) is 11.3 Å². The van der Waals surface area contributed by atoms with E-state index in [-0.39, 0.29) is 16.9 Å². The lowest BCUT2D eigenvalue weighted by molar-refractivity contribution is -0.134. The number of amides is 1. The third kappa shape index (κ3) is 3.37. The highest BCUT2D eigenvalue weighted by molar-refractivity contribution is 5.83. The lowest BCUT2D eigenvalue weighted by Gasteiger charge is -2.36. The minimum atomic E-state index is -0.344. The van der Waals surface area contributed by atoms with Gasteiger partial charge in [-0.05, 0) is 31.7 Å². The van der Waals surface area contributed by atoms with Gasteiger partial charge in [0.25, 0.3) is 0 Å². The van der Waals surface area contributed by atoms with Crippen molar-refractivity contribution in [3.05, 3.63) is 35.9 Å². The van der Waals surface area contributed by atoms with Crippen LogP contribution in [0.25, 0.3) is 0 Å². The Hall–Kier alpha value is -1.31. The molecule has 0 aliphatic rings. The summed E-state index contributed by atoms with van der Waals surface area (Å²) in [6.45, 7) is 12.5. The standard InChI is InChI=1S/C17H27NO/c1-7-17(6,13(2)3)15(19)18-16(4,5)14-11-9-8-10-12-14/h8-13H,7H2,1-6H3,(H,18,19). The molecule has 1 atom stereocenters. The molecule has 0 bridgehead atoms. The van der Waals surface area contributed by atoms with E-state index in [0.29, 0.717) is 5.92 Å². The third-order valence-electron chi connectivity index (χ3n) is 4.45. The summed E-state index contributed by atoms with van der Waals surface area (Å²) in [6, 6.07) is 10.1. The highest BCUT2D eigenvalue weighted by Gasteiger charge is 2.37. The van der Waals surface area contributed by atoms with Crippen LogP contribution in [0.1, 0.15) is 53.5 Å². The lowest BCUT2D eigenvalue weighted by atomic mass is 9.75. The molecule has 2 heteroatoms. The molecule has 1 aromatic rings. The second-order valence-corrected chi connectivity index (χ2v) is 6.37. The van der Waals surface area contributed by atoms with Crippen molar-refractivity contribution in [3.8, 4) is 0 Å². The Kier molecular flexibility index (Phi) is 4.78. The Bertz CT molecular complexity index is 422. The summed E-state index contributed by atoms with van der Waals surface area (Å²) >= 11 is 0. The van der Waals surface area contributed by atoms with Gasteiger partial charge in [-0.25, -0.2) is 0 Å². The van der Waals surface area contributed by atoms with Crippen LogP contribution >= 0.6 is 0 Å². The Morgan fingerprint density at radius 1 is 1.16 bits per heavy atom. The highest BCUT2D eigenvalue weighted by Crippen LogP contribution is 2.32. The molecule has 0 saturated heterocycles.